The van der Waals surface area contributed by atoms with Crippen LogP contribution in [0.1, 0.15) is 37.9 Å². The maximum atomic E-state index is 11.1. The van der Waals surface area contributed by atoms with Crippen LogP contribution in [-0.4, -0.2) is 49.3 Å². The molecule has 158 valence electrons. The van der Waals surface area contributed by atoms with E-state index in [9.17, 15) is 10.2 Å². The summed E-state index contributed by atoms with van der Waals surface area (Å²) >= 11 is 0. The van der Waals surface area contributed by atoms with Crippen molar-refractivity contribution >= 4 is 0 Å². The molecule has 1 aromatic carbocycles. The molecule has 0 amide bonds. The zero-order valence-corrected chi connectivity index (χ0v) is 17.8. The van der Waals surface area contributed by atoms with Gasteiger partial charge in [-0.05, 0) is 56.5 Å². The Balaban J connectivity index is 1.76. The smallest absolute Gasteiger partial charge is 0.144 e. The number of phenols is 1. The number of hydrogen-bond donors (Lipinski definition) is 2. The Hall–Kier alpha value is -2.86. The minimum absolute atomic E-state index is 0.132. The largest absolute Gasteiger partial charge is 0.507 e. The molecule has 0 saturated carbocycles. The van der Waals surface area contributed by atoms with Gasteiger partial charge in [-0.3, -0.25) is 4.98 Å². The van der Waals surface area contributed by atoms with E-state index in [0.29, 0.717) is 11.3 Å². The molecule has 2 aromatic heterocycles. The second-order valence-corrected chi connectivity index (χ2v) is 7.82. The third-order valence-corrected chi connectivity index (χ3v) is 6.13. The van der Waals surface area contributed by atoms with Crippen molar-refractivity contribution < 1.29 is 10.2 Å². The highest BCUT2D eigenvalue weighted by atomic mass is 16.3. The molecule has 3 heterocycles. The van der Waals surface area contributed by atoms with Crippen LogP contribution in [0.5, 0.6) is 11.5 Å². The summed E-state index contributed by atoms with van der Waals surface area (Å²) < 4.78 is 2.21. The summed E-state index contributed by atoms with van der Waals surface area (Å²) in [6.07, 6.45) is 7.02. The average Bonchev–Trinajstić information content (AvgIpc) is 3.15. The molecule has 0 atom stereocenters. The highest BCUT2D eigenvalue weighted by molar-refractivity contribution is 5.75. The van der Waals surface area contributed by atoms with Gasteiger partial charge in [-0.25, -0.2) is 4.98 Å². The number of imidazole rings is 1. The van der Waals surface area contributed by atoms with E-state index in [4.69, 9.17) is 4.98 Å². The number of nitrogens with zero attached hydrogens (tertiary/aromatic N) is 4. The van der Waals surface area contributed by atoms with Crippen LogP contribution < -0.4 is 0 Å². The van der Waals surface area contributed by atoms with E-state index in [1.807, 2.05) is 18.2 Å². The fraction of sp³-hybridized carbons (Fsp3) is 0.417. The second-order valence-electron chi connectivity index (χ2n) is 7.82. The van der Waals surface area contributed by atoms with Crippen molar-refractivity contribution in [3.8, 4) is 34.1 Å². The first-order chi connectivity index (χ1) is 14.6. The maximum absolute atomic E-state index is 11.1. The topological polar surface area (TPSA) is 74.4 Å². The van der Waals surface area contributed by atoms with Gasteiger partial charge < -0.3 is 19.7 Å². The van der Waals surface area contributed by atoms with E-state index < -0.39 is 0 Å². The van der Waals surface area contributed by atoms with Gasteiger partial charge in [0.2, 0.25) is 0 Å². The standard InChI is InChI=1S/C24H30N4O2/c1-3-27(4-2)15-12-17-8-7-9-19(23(17)30)24-26-22(18-11-13-25-16-21(18)29)20-10-5-6-14-28(20)24/h7-9,11,13,16,29-30H,3-6,10,12,14-15H2,1-2H3. The number of fused-ring (bicyclic) bond motifs is 1. The number of aromatic nitrogens is 3. The monoisotopic (exact) mass is 406 g/mol. The van der Waals surface area contributed by atoms with Crippen LogP contribution in [0.25, 0.3) is 22.6 Å². The van der Waals surface area contributed by atoms with Crippen molar-refractivity contribution in [2.45, 2.75) is 46.1 Å². The molecule has 30 heavy (non-hydrogen) atoms. The molecule has 1 aliphatic heterocycles. The van der Waals surface area contributed by atoms with E-state index in [-0.39, 0.29) is 5.75 Å². The number of para-hydroxylation sites is 1. The van der Waals surface area contributed by atoms with Gasteiger partial charge in [-0.1, -0.05) is 26.0 Å². The third-order valence-electron chi connectivity index (χ3n) is 6.13. The molecule has 6 nitrogen and oxygen atoms in total. The number of rotatable bonds is 7. The molecule has 0 aliphatic carbocycles. The molecular weight excluding hydrogens is 376 g/mol. The van der Waals surface area contributed by atoms with Gasteiger partial charge in [0.1, 0.15) is 17.3 Å². The Morgan fingerprint density at radius 1 is 1.07 bits per heavy atom. The fourth-order valence-corrected chi connectivity index (χ4v) is 4.34. The van der Waals surface area contributed by atoms with Crippen LogP contribution in [0.3, 0.4) is 0 Å². The predicted octanol–water partition coefficient (Wildman–Crippen LogP) is 4.24. The first kappa shape index (κ1) is 20.4. The number of likely N-dealkylation sites (N-methyl/N-ethyl adjacent to an activating group) is 1. The molecule has 0 fully saturated rings. The number of hydrogen-bond acceptors (Lipinski definition) is 5. The van der Waals surface area contributed by atoms with Gasteiger partial charge >= 0.3 is 0 Å². The lowest BCUT2D eigenvalue weighted by atomic mass is 10.0. The van der Waals surface area contributed by atoms with Gasteiger partial charge in [-0.15, -0.1) is 0 Å². The minimum atomic E-state index is 0.132. The maximum Gasteiger partial charge on any atom is 0.144 e. The lowest BCUT2D eigenvalue weighted by Crippen LogP contribution is -2.25. The number of phenolic OH excluding ortho intramolecular Hbond substituents is 1. The Labute approximate surface area is 177 Å². The SMILES string of the molecule is CCN(CC)CCc1cccc(-c2nc(-c3ccncc3O)c3n2CCCC3)c1O. The highest BCUT2D eigenvalue weighted by Gasteiger charge is 2.25. The molecule has 6 heteroatoms. The third kappa shape index (κ3) is 3.79. The van der Waals surface area contributed by atoms with Crippen molar-refractivity contribution in [1.29, 1.82) is 0 Å². The summed E-state index contributed by atoms with van der Waals surface area (Å²) in [7, 11) is 0. The van der Waals surface area contributed by atoms with Gasteiger partial charge in [0, 0.05) is 30.5 Å². The Bertz CT molecular complexity index is 1020. The van der Waals surface area contributed by atoms with E-state index in [2.05, 4.69) is 28.3 Å². The zero-order chi connectivity index (χ0) is 21.1. The van der Waals surface area contributed by atoms with Gasteiger partial charge in [0.05, 0.1) is 17.5 Å². The summed E-state index contributed by atoms with van der Waals surface area (Å²) in [5.41, 5.74) is 4.30. The van der Waals surface area contributed by atoms with E-state index >= 15 is 0 Å². The summed E-state index contributed by atoms with van der Waals surface area (Å²) in [5.74, 6) is 1.22. The summed E-state index contributed by atoms with van der Waals surface area (Å²) in [4.78, 5) is 11.3. The lowest BCUT2D eigenvalue weighted by Gasteiger charge is -2.20. The molecule has 0 radical (unpaired) electrons. The zero-order valence-electron chi connectivity index (χ0n) is 17.8. The Kier molecular flexibility index (Phi) is 6.04. The average molecular weight is 407 g/mol. The van der Waals surface area contributed by atoms with Crippen molar-refractivity contribution in [2.75, 3.05) is 19.6 Å². The Morgan fingerprint density at radius 2 is 1.90 bits per heavy atom. The van der Waals surface area contributed by atoms with Crippen LogP contribution in [0.4, 0.5) is 0 Å². The molecule has 0 unspecified atom stereocenters. The summed E-state index contributed by atoms with van der Waals surface area (Å²) in [5, 5.41) is 21.5. The highest BCUT2D eigenvalue weighted by Crippen LogP contribution is 2.39. The quantitative estimate of drug-likeness (QED) is 0.614. The van der Waals surface area contributed by atoms with Crippen molar-refractivity contribution in [2.24, 2.45) is 0 Å². The van der Waals surface area contributed by atoms with Crippen LogP contribution in [0, 0.1) is 0 Å². The minimum Gasteiger partial charge on any atom is -0.507 e. The van der Waals surface area contributed by atoms with Gasteiger partial charge in [0.25, 0.3) is 0 Å². The van der Waals surface area contributed by atoms with Crippen LogP contribution in [0.2, 0.25) is 0 Å². The first-order valence-corrected chi connectivity index (χ1v) is 10.9. The normalized spacial score (nSPS) is 13.6. The fourth-order valence-electron chi connectivity index (χ4n) is 4.34. The van der Waals surface area contributed by atoms with E-state index in [0.717, 1.165) is 80.2 Å². The number of pyridine rings is 1. The molecule has 2 N–H and O–H groups in total. The van der Waals surface area contributed by atoms with Crippen molar-refractivity contribution in [3.05, 3.63) is 47.9 Å². The lowest BCUT2D eigenvalue weighted by molar-refractivity contribution is 0.306. The van der Waals surface area contributed by atoms with Crippen LogP contribution in [-0.2, 0) is 19.4 Å². The molecule has 0 bridgehead atoms. The summed E-state index contributed by atoms with van der Waals surface area (Å²) in [6.45, 7) is 8.11. The summed E-state index contributed by atoms with van der Waals surface area (Å²) in [6, 6.07) is 7.74. The van der Waals surface area contributed by atoms with Gasteiger partial charge in [0.15, 0.2) is 0 Å². The van der Waals surface area contributed by atoms with E-state index in [1.165, 1.54) is 6.20 Å². The Morgan fingerprint density at radius 3 is 2.67 bits per heavy atom. The predicted molar refractivity (Wildman–Crippen MR) is 119 cm³/mol. The first-order valence-electron chi connectivity index (χ1n) is 10.9. The molecule has 0 saturated heterocycles. The molecular formula is C24H30N4O2. The molecule has 4 rings (SSSR count). The van der Waals surface area contributed by atoms with Crippen molar-refractivity contribution in [1.82, 2.24) is 19.4 Å². The molecule has 1 aliphatic rings. The second kappa shape index (κ2) is 8.88. The van der Waals surface area contributed by atoms with Crippen LogP contribution >= 0.6 is 0 Å². The van der Waals surface area contributed by atoms with Crippen molar-refractivity contribution in [3.63, 3.8) is 0 Å². The van der Waals surface area contributed by atoms with Crippen LogP contribution in [0.15, 0.2) is 36.7 Å². The molecule has 0 spiro atoms. The number of benzene rings is 1. The molecule has 3 aromatic rings. The van der Waals surface area contributed by atoms with E-state index in [1.54, 1.807) is 12.3 Å². The van der Waals surface area contributed by atoms with Gasteiger partial charge in [-0.2, -0.15) is 0 Å². The number of aromatic hydroxyl groups is 2.